The van der Waals surface area contributed by atoms with Gasteiger partial charge in [0.2, 0.25) is 0 Å². The monoisotopic (exact) mass is 350 g/mol. The maximum absolute atomic E-state index is 11.2. The molecule has 0 unspecified atom stereocenters. The third-order valence-corrected chi connectivity index (χ3v) is 4.26. The zero-order chi connectivity index (χ0) is 17.4. The fraction of sp³-hybridized carbons (Fsp3) is 0.412. The molecule has 0 saturated heterocycles. The van der Waals surface area contributed by atoms with Crippen molar-refractivity contribution in [3.8, 4) is 22.8 Å². The second kappa shape index (κ2) is 6.36. The van der Waals surface area contributed by atoms with Gasteiger partial charge in [-0.1, -0.05) is 25.4 Å². The number of aromatic nitrogens is 2. The Morgan fingerprint density at radius 1 is 1.33 bits per heavy atom. The molecule has 1 aromatic heterocycles. The van der Waals surface area contributed by atoms with Crippen LogP contribution in [0.25, 0.3) is 11.3 Å². The lowest BCUT2D eigenvalue weighted by molar-refractivity contribution is 0.0689. The first-order valence-electron chi connectivity index (χ1n) is 7.79. The minimum atomic E-state index is -1.08. The van der Waals surface area contributed by atoms with E-state index in [0.717, 1.165) is 17.5 Å². The van der Waals surface area contributed by atoms with Crippen molar-refractivity contribution in [3.05, 3.63) is 28.4 Å². The van der Waals surface area contributed by atoms with Crippen LogP contribution < -0.4 is 9.47 Å². The first-order valence-corrected chi connectivity index (χ1v) is 8.17. The number of nitrogens with zero attached hydrogens (tertiary/aromatic N) is 2. The van der Waals surface area contributed by atoms with Crippen molar-refractivity contribution in [1.82, 2.24) is 9.78 Å². The van der Waals surface area contributed by atoms with Crippen LogP contribution >= 0.6 is 11.6 Å². The highest BCUT2D eigenvalue weighted by molar-refractivity contribution is 6.33. The molecule has 6 nitrogen and oxygen atoms in total. The number of aryl methyl sites for hydroxylation is 1. The van der Waals surface area contributed by atoms with Gasteiger partial charge in [-0.05, 0) is 12.0 Å². The van der Waals surface area contributed by atoms with E-state index in [1.165, 1.54) is 10.7 Å². The number of hydrogen-bond donors (Lipinski definition) is 1. The molecule has 0 fully saturated rings. The first kappa shape index (κ1) is 16.6. The largest absolute Gasteiger partial charge is 0.489 e. The second-order valence-corrected chi connectivity index (χ2v) is 6.43. The highest BCUT2D eigenvalue weighted by Crippen LogP contribution is 2.47. The Hall–Kier alpha value is -2.21. The van der Waals surface area contributed by atoms with E-state index in [-0.39, 0.29) is 11.6 Å². The smallest absolute Gasteiger partial charge is 0.356 e. The van der Waals surface area contributed by atoms with Crippen LogP contribution in [-0.4, -0.2) is 34.1 Å². The fourth-order valence-corrected chi connectivity index (χ4v) is 3.21. The average Bonchev–Trinajstić information content (AvgIpc) is 2.74. The highest BCUT2D eigenvalue weighted by Gasteiger charge is 2.26. The molecule has 1 aromatic carbocycles. The van der Waals surface area contributed by atoms with E-state index < -0.39 is 5.97 Å². The van der Waals surface area contributed by atoms with Crippen LogP contribution in [0.1, 0.15) is 42.2 Å². The molecule has 0 bridgehead atoms. The number of hydrogen-bond acceptors (Lipinski definition) is 4. The Kier molecular flexibility index (Phi) is 4.41. The molecule has 2 aromatic rings. The number of fused-ring (bicyclic) bond motifs is 1. The van der Waals surface area contributed by atoms with Crippen LogP contribution in [0.2, 0.25) is 5.02 Å². The van der Waals surface area contributed by atoms with Crippen LogP contribution in [0, 0.1) is 0 Å². The lowest BCUT2D eigenvalue weighted by Gasteiger charge is -2.21. The number of carboxylic acid groups (broad SMARTS) is 1. The number of carboxylic acids is 1. The summed E-state index contributed by atoms with van der Waals surface area (Å²) < 4.78 is 13.2. The molecule has 3 rings (SSSR count). The summed E-state index contributed by atoms with van der Waals surface area (Å²) in [6.45, 7) is 5.23. The van der Waals surface area contributed by atoms with Gasteiger partial charge in [0.1, 0.15) is 0 Å². The molecule has 0 radical (unpaired) electrons. The molecular weight excluding hydrogens is 332 g/mol. The summed E-state index contributed by atoms with van der Waals surface area (Å²) in [6, 6.07) is 3.26. The second-order valence-electron chi connectivity index (χ2n) is 6.02. The first-order chi connectivity index (χ1) is 11.4. The molecule has 0 spiro atoms. The maximum atomic E-state index is 11.2. The van der Waals surface area contributed by atoms with E-state index in [4.69, 9.17) is 21.1 Å². The molecule has 2 heterocycles. The van der Waals surface area contributed by atoms with Crippen LogP contribution in [0.3, 0.4) is 0 Å². The lowest BCUT2D eigenvalue weighted by Crippen LogP contribution is -2.04. The van der Waals surface area contributed by atoms with Crippen LogP contribution in [0.4, 0.5) is 0 Å². The van der Waals surface area contributed by atoms with Gasteiger partial charge in [-0.3, -0.25) is 4.68 Å². The van der Waals surface area contributed by atoms with Crippen molar-refractivity contribution < 1.29 is 19.4 Å². The van der Waals surface area contributed by atoms with Gasteiger partial charge in [-0.25, -0.2) is 4.79 Å². The number of aromatic carboxylic acids is 1. The van der Waals surface area contributed by atoms with Gasteiger partial charge < -0.3 is 14.6 Å². The van der Waals surface area contributed by atoms with Crippen molar-refractivity contribution in [2.45, 2.75) is 26.2 Å². The van der Waals surface area contributed by atoms with Crippen molar-refractivity contribution in [3.63, 3.8) is 0 Å². The number of halogens is 1. The van der Waals surface area contributed by atoms with Gasteiger partial charge in [-0.15, -0.1) is 0 Å². The molecule has 7 heteroatoms. The van der Waals surface area contributed by atoms with Gasteiger partial charge in [0.25, 0.3) is 0 Å². The Morgan fingerprint density at radius 3 is 2.67 bits per heavy atom. The molecular formula is C17H19ClN2O4. The fourth-order valence-electron chi connectivity index (χ4n) is 2.92. The standard InChI is InChI=1S/C17H19ClN2O4/c1-9(2)14-15(12-8-11(17(21)22)19-20(12)3)10(18)7-13-16(14)24-6-4-5-23-13/h7-9H,4-6H2,1-3H3,(H,21,22). The minimum absolute atomic E-state index is 0.0228. The van der Waals surface area contributed by atoms with Gasteiger partial charge in [-0.2, -0.15) is 5.10 Å². The van der Waals surface area contributed by atoms with E-state index in [9.17, 15) is 9.90 Å². The molecule has 0 aliphatic carbocycles. The van der Waals surface area contributed by atoms with E-state index in [1.807, 2.05) is 13.8 Å². The third kappa shape index (κ3) is 2.82. The summed E-state index contributed by atoms with van der Waals surface area (Å²) in [5, 5.41) is 13.7. The van der Waals surface area contributed by atoms with Gasteiger partial charge in [0.15, 0.2) is 17.2 Å². The van der Waals surface area contributed by atoms with Crippen molar-refractivity contribution in [1.29, 1.82) is 0 Å². The lowest BCUT2D eigenvalue weighted by atomic mass is 9.93. The van der Waals surface area contributed by atoms with E-state index in [0.29, 0.717) is 35.4 Å². The predicted octanol–water partition coefficient (Wildman–Crippen LogP) is 3.72. The number of carbonyl (C=O) groups is 1. The summed E-state index contributed by atoms with van der Waals surface area (Å²) in [5.74, 6) is 0.344. The topological polar surface area (TPSA) is 73.6 Å². The van der Waals surface area contributed by atoms with E-state index in [1.54, 1.807) is 13.1 Å². The quantitative estimate of drug-likeness (QED) is 0.913. The van der Waals surface area contributed by atoms with Crippen LogP contribution in [0.15, 0.2) is 12.1 Å². The Bertz CT molecular complexity index is 798. The summed E-state index contributed by atoms with van der Waals surface area (Å²) in [7, 11) is 1.70. The van der Waals surface area contributed by atoms with Crippen molar-refractivity contribution in [2.75, 3.05) is 13.2 Å². The molecule has 24 heavy (non-hydrogen) atoms. The maximum Gasteiger partial charge on any atom is 0.356 e. The summed E-state index contributed by atoms with van der Waals surface area (Å²) in [4.78, 5) is 11.2. The molecule has 1 aliphatic rings. The Balaban J connectivity index is 2.28. The average molecular weight is 351 g/mol. The summed E-state index contributed by atoms with van der Waals surface area (Å²) in [6.07, 6.45) is 0.800. The number of benzene rings is 1. The zero-order valence-electron chi connectivity index (χ0n) is 13.8. The zero-order valence-corrected chi connectivity index (χ0v) is 14.6. The van der Waals surface area contributed by atoms with E-state index >= 15 is 0 Å². The Labute approximate surface area is 144 Å². The molecule has 1 aliphatic heterocycles. The molecule has 128 valence electrons. The van der Waals surface area contributed by atoms with Crippen molar-refractivity contribution >= 4 is 17.6 Å². The molecule has 0 atom stereocenters. The van der Waals surface area contributed by atoms with Crippen LogP contribution in [-0.2, 0) is 7.05 Å². The molecule has 0 saturated carbocycles. The normalized spacial score (nSPS) is 13.9. The number of rotatable bonds is 3. The van der Waals surface area contributed by atoms with E-state index in [2.05, 4.69) is 5.10 Å². The van der Waals surface area contributed by atoms with Crippen LogP contribution in [0.5, 0.6) is 11.5 Å². The van der Waals surface area contributed by atoms with Gasteiger partial charge in [0, 0.05) is 30.7 Å². The third-order valence-electron chi connectivity index (χ3n) is 3.96. The summed E-state index contributed by atoms with van der Waals surface area (Å²) in [5.41, 5.74) is 2.25. The summed E-state index contributed by atoms with van der Waals surface area (Å²) >= 11 is 6.53. The SMILES string of the molecule is CC(C)c1c2c(cc(Cl)c1-c1cc(C(=O)O)nn1C)OCCCO2. The van der Waals surface area contributed by atoms with Gasteiger partial charge >= 0.3 is 5.97 Å². The minimum Gasteiger partial charge on any atom is -0.489 e. The van der Waals surface area contributed by atoms with Crippen molar-refractivity contribution in [2.24, 2.45) is 7.05 Å². The highest BCUT2D eigenvalue weighted by atomic mass is 35.5. The Morgan fingerprint density at radius 2 is 2.04 bits per heavy atom. The number of ether oxygens (including phenoxy) is 2. The molecule has 1 N–H and O–H groups in total. The molecule has 0 amide bonds. The predicted molar refractivity (Wildman–Crippen MR) is 90.3 cm³/mol. The van der Waals surface area contributed by atoms with Gasteiger partial charge in [0.05, 0.1) is 23.9 Å².